The number of benzene rings is 2. The molecule has 28 heavy (non-hydrogen) atoms. The maximum atomic E-state index is 14.1. The highest BCUT2D eigenvalue weighted by atomic mass is 19.1. The second-order valence-electron chi connectivity index (χ2n) is 6.53. The molecule has 0 spiro atoms. The van der Waals surface area contributed by atoms with Crippen molar-refractivity contribution < 1.29 is 9.18 Å². The van der Waals surface area contributed by atoms with Crippen molar-refractivity contribution in [2.24, 2.45) is 0 Å². The molecule has 1 unspecified atom stereocenters. The molecule has 4 aromatic rings. The molecule has 2 heterocycles. The quantitative estimate of drug-likeness (QED) is 0.554. The van der Waals surface area contributed by atoms with Gasteiger partial charge >= 0.3 is 0 Å². The summed E-state index contributed by atoms with van der Waals surface area (Å²) < 4.78 is 14.1. The Balaban J connectivity index is 1.75. The van der Waals surface area contributed by atoms with Crippen LogP contribution >= 0.6 is 0 Å². The molecule has 0 saturated heterocycles. The van der Waals surface area contributed by atoms with Crippen LogP contribution in [-0.4, -0.2) is 15.9 Å². The van der Waals surface area contributed by atoms with Gasteiger partial charge in [-0.05, 0) is 37.3 Å². The molecular formula is C23H18FN3O. The largest absolute Gasteiger partial charge is 0.345 e. The molecular weight excluding hydrogens is 353 g/mol. The number of nitrogens with one attached hydrogen (secondary N) is 1. The Bertz CT molecular complexity index is 1140. The summed E-state index contributed by atoms with van der Waals surface area (Å²) in [5, 5.41) is 3.65. The topological polar surface area (TPSA) is 54.9 Å². The molecule has 0 fully saturated rings. The first kappa shape index (κ1) is 17.8. The summed E-state index contributed by atoms with van der Waals surface area (Å²) in [6.07, 6.45) is 3.40. The second-order valence-corrected chi connectivity index (χ2v) is 6.53. The van der Waals surface area contributed by atoms with Crippen LogP contribution in [-0.2, 0) is 0 Å². The molecule has 5 heteroatoms. The normalized spacial score (nSPS) is 11.9. The smallest absolute Gasteiger partial charge is 0.252 e. The number of pyridine rings is 2. The minimum Gasteiger partial charge on any atom is -0.345 e. The van der Waals surface area contributed by atoms with E-state index >= 15 is 0 Å². The third-order valence-electron chi connectivity index (χ3n) is 4.64. The van der Waals surface area contributed by atoms with Crippen molar-refractivity contribution in [2.75, 3.05) is 0 Å². The standard InChI is InChI=1S/C23H18FN3O/c1-15(17-8-2-4-10-20(17)24)26-23(28)19-13-22(16-7-6-12-25-14-16)27-21-11-5-3-9-18(19)21/h2-15H,1H3,(H,26,28). The molecule has 0 aliphatic carbocycles. The molecule has 0 saturated carbocycles. The number of fused-ring (bicyclic) bond motifs is 1. The van der Waals surface area contributed by atoms with Crippen molar-refractivity contribution in [3.05, 3.63) is 96.1 Å². The Morgan fingerprint density at radius 2 is 1.82 bits per heavy atom. The van der Waals surface area contributed by atoms with Crippen LogP contribution in [0.2, 0.25) is 0 Å². The Morgan fingerprint density at radius 1 is 1.04 bits per heavy atom. The van der Waals surface area contributed by atoms with E-state index in [9.17, 15) is 9.18 Å². The van der Waals surface area contributed by atoms with E-state index in [1.54, 1.807) is 43.6 Å². The van der Waals surface area contributed by atoms with E-state index in [1.165, 1.54) is 6.07 Å². The average molecular weight is 371 g/mol. The highest BCUT2D eigenvalue weighted by Gasteiger charge is 2.18. The van der Waals surface area contributed by atoms with Crippen LogP contribution in [0.3, 0.4) is 0 Å². The van der Waals surface area contributed by atoms with Gasteiger partial charge < -0.3 is 5.32 Å². The lowest BCUT2D eigenvalue weighted by Gasteiger charge is -2.16. The number of carbonyl (C=O) groups excluding carboxylic acids is 1. The van der Waals surface area contributed by atoms with Gasteiger partial charge in [-0.15, -0.1) is 0 Å². The van der Waals surface area contributed by atoms with E-state index in [4.69, 9.17) is 0 Å². The zero-order chi connectivity index (χ0) is 19.5. The zero-order valence-electron chi connectivity index (χ0n) is 15.3. The lowest BCUT2D eigenvalue weighted by molar-refractivity contribution is 0.0941. The number of nitrogens with zero attached hydrogens (tertiary/aromatic N) is 2. The Hall–Kier alpha value is -3.60. The summed E-state index contributed by atoms with van der Waals surface area (Å²) in [6.45, 7) is 1.77. The van der Waals surface area contributed by atoms with Crippen LogP contribution in [0.25, 0.3) is 22.2 Å². The SMILES string of the molecule is CC(NC(=O)c1cc(-c2cccnc2)nc2ccccc12)c1ccccc1F. The van der Waals surface area contributed by atoms with Crippen molar-refractivity contribution in [1.29, 1.82) is 0 Å². The van der Waals surface area contributed by atoms with Gasteiger partial charge in [0.1, 0.15) is 5.82 Å². The fourth-order valence-electron chi connectivity index (χ4n) is 3.20. The van der Waals surface area contributed by atoms with Gasteiger partial charge in [0.2, 0.25) is 0 Å². The van der Waals surface area contributed by atoms with Gasteiger partial charge in [0.05, 0.1) is 22.8 Å². The first-order valence-corrected chi connectivity index (χ1v) is 8.99. The molecule has 2 aromatic heterocycles. The highest BCUT2D eigenvalue weighted by Crippen LogP contribution is 2.25. The maximum absolute atomic E-state index is 14.1. The van der Waals surface area contributed by atoms with E-state index in [-0.39, 0.29) is 11.7 Å². The number of halogens is 1. The predicted octanol–water partition coefficient (Wildman–Crippen LogP) is 4.93. The number of rotatable bonds is 4. The Morgan fingerprint density at radius 3 is 2.61 bits per heavy atom. The molecule has 1 atom stereocenters. The third kappa shape index (κ3) is 3.47. The molecule has 2 aromatic carbocycles. The van der Waals surface area contributed by atoms with Crippen LogP contribution in [0.5, 0.6) is 0 Å². The summed E-state index contributed by atoms with van der Waals surface area (Å²) in [6, 6.07) is 18.9. The minimum atomic E-state index is -0.470. The van der Waals surface area contributed by atoms with Gasteiger partial charge in [-0.1, -0.05) is 36.4 Å². The molecule has 138 valence electrons. The van der Waals surface area contributed by atoms with Gasteiger partial charge in [-0.3, -0.25) is 9.78 Å². The monoisotopic (exact) mass is 371 g/mol. The zero-order valence-corrected chi connectivity index (χ0v) is 15.3. The number of hydrogen-bond donors (Lipinski definition) is 1. The van der Waals surface area contributed by atoms with Gasteiger partial charge in [-0.25, -0.2) is 9.37 Å². The lowest BCUT2D eigenvalue weighted by Crippen LogP contribution is -2.27. The van der Waals surface area contributed by atoms with Crippen LogP contribution in [0, 0.1) is 5.82 Å². The molecule has 0 bridgehead atoms. The summed E-state index contributed by atoms with van der Waals surface area (Å²) in [4.78, 5) is 21.9. The minimum absolute atomic E-state index is 0.278. The van der Waals surface area contributed by atoms with E-state index < -0.39 is 6.04 Å². The fourth-order valence-corrected chi connectivity index (χ4v) is 3.20. The highest BCUT2D eigenvalue weighted by molar-refractivity contribution is 6.07. The molecule has 4 rings (SSSR count). The van der Waals surface area contributed by atoms with Gasteiger partial charge in [0.15, 0.2) is 0 Å². The maximum Gasteiger partial charge on any atom is 0.252 e. The number of carbonyl (C=O) groups is 1. The number of hydrogen-bond acceptors (Lipinski definition) is 3. The van der Waals surface area contributed by atoms with Gasteiger partial charge in [-0.2, -0.15) is 0 Å². The van der Waals surface area contributed by atoms with Crippen molar-refractivity contribution in [2.45, 2.75) is 13.0 Å². The number of aromatic nitrogens is 2. The lowest BCUT2D eigenvalue weighted by atomic mass is 10.0. The second kappa shape index (κ2) is 7.56. The molecule has 1 amide bonds. The van der Waals surface area contributed by atoms with Crippen LogP contribution in [0.15, 0.2) is 79.1 Å². The summed E-state index contributed by atoms with van der Waals surface area (Å²) in [5.41, 5.74) is 3.14. The molecule has 4 nitrogen and oxygen atoms in total. The van der Waals surface area contributed by atoms with Crippen LogP contribution in [0.1, 0.15) is 28.9 Å². The molecule has 1 N–H and O–H groups in total. The predicted molar refractivity (Wildman–Crippen MR) is 107 cm³/mol. The van der Waals surface area contributed by atoms with Crippen LogP contribution < -0.4 is 5.32 Å². The van der Waals surface area contributed by atoms with Crippen molar-refractivity contribution in [3.63, 3.8) is 0 Å². The van der Waals surface area contributed by atoms with Crippen LogP contribution in [0.4, 0.5) is 4.39 Å². The summed E-state index contributed by atoms with van der Waals surface area (Å²) >= 11 is 0. The van der Waals surface area contributed by atoms with E-state index in [2.05, 4.69) is 15.3 Å². The van der Waals surface area contributed by atoms with E-state index in [1.807, 2.05) is 36.4 Å². The Kier molecular flexibility index (Phi) is 4.81. The van der Waals surface area contributed by atoms with Crippen molar-refractivity contribution in [1.82, 2.24) is 15.3 Å². The van der Waals surface area contributed by atoms with Gasteiger partial charge in [0.25, 0.3) is 5.91 Å². The van der Waals surface area contributed by atoms with E-state index in [0.717, 1.165) is 10.9 Å². The summed E-state index contributed by atoms with van der Waals surface area (Å²) in [7, 11) is 0. The third-order valence-corrected chi connectivity index (χ3v) is 4.64. The van der Waals surface area contributed by atoms with Crippen molar-refractivity contribution in [3.8, 4) is 11.3 Å². The van der Waals surface area contributed by atoms with Gasteiger partial charge in [0, 0.05) is 28.9 Å². The molecule has 0 aliphatic heterocycles. The first-order valence-electron chi connectivity index (χ1n) is 8.99. The molecule has 0 aliphatic rings. The van der Waals surface area contributed by atoms with E-state index in [0.29, 0.717) is 22.3 Å². The Labute approximate surface area is 162 Å². The number of amides is 1. The first-order chi connectivity index (χ1) is 13.6. The average Bonchev–Trinajstić information content (AvgIpc) is 2.73. The summed E-state index contributed by atoms with van der Waals surface area (Å²) in [5.74, 6) is -0.620. The fraction of sp³-hybridized carbons (Fsp3) is 0.0870. The molecule has 0 radical (unpaired) electrons. The number of para-hydroxylation sites is 1. The van der Waals surface area contributed by atoms with Crippen molar-refractivity contribution >= 4 is 16.8 Å².